The van der Waals surface area contributed by atoms with Gasteiger partial charge in [-0.1, -0.05) is 30.7 Å². The van der Waals surface area contributed by atoms with Gasteiger partial charge in [-0.05, 0) is 81.6 Å². The second kappa shape index (κ2) is 12.9. The minimum absolute atomic E-state index is 0.107. The van der Waals surface area contributed by atoms with Crippen LogP contribution in [0.4, 0.5) is 0 Å². The van der Waals surface area contributed by atoms with Gasteiger partial charge >= 0.3 is 6.01 Å². The van der Waals surface area contributed by atoms with Gasteiger partial charge in [-0.25, -0.2) is 9.97 Å². The molecule has 2 aliphatic heterocycles. The molecular formula is C31H37N5O4. The second-order valence-electron chi connectivity index (χ2n) is 10.7. The molecular weight excluding hydrogens is 506 g/mol. The molecule has 0 bridgehead atoms. The summed E-state index contributed by atoms with van der Waals surface area (Å²) in [6.45, 7) is 5.25. The number of likely N-dealkylation sites (tertiary alicyclic amines) is 1. The molecule has 1 fully saturated rings. The van der Waals surface area contributed by atoms with Crippen LogP contribution in [-0.4, -0.2) is 59.0 Å². The molecule has 9 heteroatoms. The number of hydrogen-bond acceptors (Lipinski definition) is 7. The number of amides is 2. The van der Waals surface area contributed by atoms with Crippen molar-refractivity contribution in [3.63, 3.8) is 0 Å². The van der Waals surface area contributed by atoms with Crippen LogP contribution in [0.1, 0.15) is 54.9 Å². The minimum atomic E-state index is -0.424. The summed E-state index contributed by atoms with van der Waals surface area (Å²) in [4.78, 5) is 37.0. The SMILES string of the molecule is C[C@@H]1COc2ccccc2C(=O)NCCCCC2(CCN(Cc3cccc(Oc4ncccn4)c3)CC2)C(=O)N1. The van der Waals surface area contributed by atoms with Crippen LogP contribution in [0.25, 0.3) is 0 Å². The fraction of sp³-hybridized carbons (Fsp3) is 0.419. The first-order valence-corrected chi connectivity index (χ1v) is 14.1. The van der Waals surface area contributed by atoms with E-state index >= 15 is 0 Å². The average Bonchev–Trinajstić information content (AvgIpc) is 2.97. The van der Waals surface area contributed by atoms with Crippen LogP contribution in [0.5, 0.6) is 17.5 Å². The van der Waals surface area contributed by atoms with E-state index in [4.69, 9.17) is 9.47 Å². The summed E-state index contributed by atoms with van der Waals surface area (Å²) in [5.41, 5.74) is 1.24. The van der Waals surface area contributed by atoms with E-state index in [1.165, 1.54) is 0 Å². The second-order valence-corrected chi connectivity index (χ2v) is 10.7. The van der Waals surface area contributed by atoms with Crippen LogP contribution < -0.4 is 20.1 Å². The Morgan fingerprint density at radius 1 is 1.00 bits per heavy atom. The Labute approximate surface area is 235 Å². The van der Waals surface area contributed by atoms with E-state index in [1.54, 1.807) is 30.6 Å². The predicted octanol–water partition coefficient (Wildman–Crippen LogP) is 4.35. The lowest BCUT2D eigenvalue weighted by Crippen LogP contribution is -2.51. The average molecular weight is 544 g/mol. The van der Waals surface area contributed by atoms with Crippen LogP contribution in [-0.2, 0) is 11.3 Å². The molecule has 0 unspecified atom stereocenters. The number of fused-ring (bicyclic) bond motifs is 1. The van der Waals surface area contributed by atoms with Gasteiger partial charge in [0.1, 0.15) is 18.1 Å². The van der Waals surface area contributed by atoms with Crippen molar-refractivity contribution in [1.29, 1.82) is 0 Å². The molecule has 2 aliphatic rings. The van der Waals surface area contributed by atoms with E-state index in [9.17, 15) is 9.59 Å². The Morgan fingerprint density at radius 2 is 1.80 bits per heavy atom. The standard InChI is InChI=1S/C31H37N5O4/c1-23-22-39-27-11-3-2-10-26(27)28(37)32-15-5-4-12-31(29(38)35-23)13-18-36(19-14-31)21-24-8-6-9-25(20-24)40-30-33-16-7-17-34-30/h2-3,6-11,16-17,20,23H,4-5,12-15,18-19,21-22H2,1H3,(H,32,37)(H,35,38)/t23-/m1/s1. The maximum absolute atomic E-state index is 13.7. The number of carbonyl (C=O) groups is 2. The summed E-state index contributed by atoms with van der Waals surface area (Å²) in [6, 6.07) is 17.1. The van der Waals surface area contributed by atoms with Crippen molar-refractivity contribution >= 4 is 11.8 Å². The first-order chi connectivity index (χ1) is 19.5. The van der Waals surface area contributed by atoms with Gasteiger partial charge in [-0.2, -0.15) is 0 Å². The number of benzene rings is 2. The molecule has 210 valence electrons. The Morgan fingerprint density at radius 3 is 2.62 bits per heavy atom. The zero-order valence-electron chi connectivity index (χ0n) is 23.0. The highest BCUT2D eigenvalue weighted by Gasteiger charge is 2.41. The third-order valence-electron chi connectivity index (χ3n) is 7.72. The number of nitrogens with one attached hydrogen (secondary N) is 2. The normalized spacial score (nSPS) is 20.4. The highest BCUT2D eigenvalue weighted by Crippen LogP contribution is 2.38. The molecule has 0 radical (unpaired) electrons. The molecule has 5 rings (SSSR count). The molecule has 3 heterocycles. The van der Waals surface area contributed by atoms with Crippen LogP contribution in [0.2, 0.25) is 0 Å². The number of rotatable bonds is 4. The van der Waals surface area contributed by atoms with Gasteiger partial charge in [0.2, 0.25) is 5.91 Å². The summed E-state index contributed by atoms with van der Waals surface area (Å²) >= 11 is 0. The summed E-state index contributed by atoms with van der Waals surface area (Å²) in [5.74, 6) is 1.22. The Hall–Kier alpha value is -3.98. The zero-order valence-corrected chi connectivity index (χ0v) is 23.0. The predicted molar refractivity (Wildman–Crippen MR) is 151 cm³/mol. The van der Waals surface area contributed by atoms with Crippen molar-refractivity contribution in [2.45, 2.75) is 51.6 Å². The zero-order chi connectivity index (χ0) is 27.8. The van der Waals surface area contributed by atoms with Gasteiger partial charge in [0.25, 0.3) is 5.91 Å². The molecule has 1 spiro atoms. The molecule has 0 saturated carbocycles. The number of nitrogens with zero attached hydrogens (tertiary/aromatic N) is 3. The van der Waals surface area contributed by atoms with E-state index in [2.05, 4.69) is 31.6 Å². The number of ether oxygens (including phenoxy) is 2. The van der Waals surface area contributed by atoms with Crippen molar-refractivity contribution in [1.82, 2.24) is 25.5 Å². The molecule has 9 nitrogen and oxygen atoms in total. The lowest BCUT2D eigenvalue weighted by molar-refractivity contribution is -0.135. The van der Waals surface area contributed by atoms with Gasteiger partial charge in [0.15, 0.2) is 0 Å². The molecule has 0 aliphatic carbocycles. The van der Waals surface area contributed by atoms with Gasteiger partial charge < -0.3 is 20.1 Å². The lowest BCUT2D eigenvalue weighted by atomic mass is 9.73. The van der Waals surface area contributed by atoms with E-state index in [0.717, 1.165) is 57.3 Å². The highest BCUT2D eigenvalue weighted by molar-refractivity contribution is 5.96. The third kappa shape index (κ3) is 6.96. The summed E-state index contributed by atoms with van der Waals surface area (Å²) in [6.07, 6.45) is 7.38. The topological polar surface area (TPSA) is 106 Å². The summed E-state index contributed by atoms with van der Waals surface area (Å²) in [7, 11) is 0. The fourth-order valence-electron chi connectivity index (χ4n) is 5.44. The molecule has 3 aromatic rings. The van der Waals surface area contributed by atoms with Crippen molar-refractivity contribution in [3.8, 4) is 17.5 Å². The van der Waals surface area contributed by atoms with Crippen LogP contribution in [0, 0.1) is 5.41 Å². The lowest BCUT2D eigenvalue weighted by Gasteiger charge is -2.41. The molecule has 1 saturated heterocycles. The van der Waals surface area contributed by atoms with Gasteiger partial charge in [0.05, 0.1) is 17.0 Å². The number of aromatic nitrogens is 2. The molecule has 2 N–H and O–H groups in total. The monoisotopic (exact) mass is 543 g/mol. The molecule has 1 atom stereocenters. The fourth-order valence-corrected chi connectivity index (χ4v) is 5.44. The molecule has 2 amide bonds. The van der Waals surface area contributed by atoms with Crippen molar-refractivity contribution in [2.75, 3.05) is 26.2 Å². The van der Waals surface area contributed by atoms with Crippen LogP contribution in [0.15, 0.2) is 67.0 Å². The quantitative estimate of drug-likeness (QED) is 0.504. The van der Waals surface area contributed by atoms with Crippen molar-refractivity contribution in [2.24, 2.45) is 5.41 Å². The van der Waals surface area contributed by atoms with Gasteiger partial charge in [-0.15, -0.1) is 0 Å². The maximum atomic E-state index is 13.7. The molecule has 2 aromatic carbocycles. The Balaban J connectivity index is 1.21. The summed E-state index contributed by atoms with van der Waals surface area (Å²) < 4.78 is 11.8. The largest absolute Gasteiger partial charge is 0.491 e. The highest BCUT2D eigenvalue weighted by atomic mass is 16.5. The minimum Gasteiger partial charge on any atom is -0.491 e. The van der Waals surface area contributed by atoms with Gasteiger partial charge in [0, 0.05) is 25.5 Å². The number of carbonyl (C=O) groups excluding carboxylic acids is 2. The maximum Gasteiger partial charge on any atom is 0.321 e. The summed E-state index contributed by atoms with van der Waals surface area (Å²) in [5, 5.41) is 6.23. The Bertz CT molecular complexity index is 1290. The smallest absolute Gasteiger partial charge is 0.321 e. The molecule has 1 aromatic heterocycles. The van der Waals surface area contributed by atoms with Gasteiger partial charge in [-0.3, -0.25) is 14.5 Å². The number of hydrogen-bond donors (Lipinski definition) is 2. The first-order valence-electron chi connectivity index (χ1n) is 14.1. The Kier molecular flexibility index (Phi) is 8.91. The van der Waals surface area contributed by atoms with Crippen molar-refractivity contribution < 1.29 is 19.1 Å². The van der Waals surface area contributed by atoms with Crippen molar-refractivity contribution in [3.05, 3.63) is 78.1 Å². The first kappa shape index (κ1) is 27.6. The van der Waals surface area contributed by atoms with E-state index in [0.29, 0.717) is 36.2 Å². The molecule has 40 heavy (non-hydrogen) atoms. The van der Waals surface area contributed by atoms with Crippen LogP contribution >= 0.6 is 0 Å². The third-order valence-corrected chi connectivity index (χ3v) is 7.72. The number of para-hydroxylation sites is 1. The number of piperidine rings is 1. The van der Waals surface area contributed by atoms with E-state index < -0.39 is 5.41 Å². The van der Waals surface area contributed by atoms with Crippen LogP contribution in [0.3, 0.4) is 0 Å². The van der Waals surface area contributed by atoms with E-state index in [-0.39, 0.29) is 17.9 Å². The van der Waals surface area contributed by atoms with E-state index in [1.807, 2.05) is 37.3 Å².